The van der Waals surface area contributed by atoms with Gasteiger partial charge >= 0.3 is 5.97 Å². The number of carboxylic acids is 1. The average molecular weight is 202 g/mol. The minimum Gasteiger partial charge on any atom is -0.481 e. The minimum absolute atomic E-state index is 0.178. The highest BCUT2D eigenvalue weighted by atomic mass is 32.2. The molecule has 0 atom stereocenters. The second-order valence-electron chi connectivity index (χ2n) is 2.66. The van der Waals surface area contributed by atoms with Crippen molar-refractivity contribution in [1.29, 1.82) is 0 Å². The summed E-state index contributed by atoms with van der Waals surface area (Å²) in [6.07, 6.45) is 0.790. The predicted octanol–water partition coefficient (Wildman–Crippen LogP) is 2.09. The van der Waals surface area contributed by atoms with Gasteiger partial charge in [0, 0.05) is 6.42 Å². The van der Waals surface area contributed by atoms with E-state index in [0.717, 1.165) is 0 Å². The maximum atomic E-state index is 10.2. The van der Waals surface area contributed by atoms with Crippen molar-refractivity contribution in [2.24, 2.45) is 20.7 Å². The lowest BCUT2D eigenvalue weighted by molar-refractivity contribution is -0.137. The van der Waals surface area contributed by atoms with E-state index in [1.807, 2.05) is 0 Å². The number of thioether (sulfide) groups is 1. The first-order valence-electron chi connectivity index (χ1n) is 3.82. The molecule has 0 aromatic heterocycles. The summed E-state index contributed by atoms with van der Waals surface area (Å²) in [5.74, 6) is -0.0821. The van der Waals surface area contributed by atoms with Crippen LogP contribution in [0.5, 0.6) is 0 Å². The Labute approximate surface area is 79.5 Å². The summed E-state index contributed by atoms with van der Waals surface area (Å²) in [7, 11) is 0. The number of aliphatic carboxylic acids is 1. The lowest BCUT2D eigenvalue weighted by Crippen LogP contribution is -2.10. The van der Waals surface area contributed by atoms with E-state index in [4.69, 9.17) is 5.11 Å². The van der Waals surface area contributed by atoms with E-state index in [0.29, 0.717) is 12.2 Å². The first-order valence-corrected chi connectivity index (χ1v) is 4.81. The molecule has 1 rings (SSSR count). The van der Waals surface area contributed by atoms with Crippen molar-refractivity contribution < 1.29 is 9.90 Å². The maximum Gasteiger partial charge on any atom is 0.303 e. The number of carboxylic acid groups (broad SMARTS) is 1. The van der Waals surface area contributed by atoms with Crippen LogP contribution < -0.4 is 0 Å². The third-order valence-corrected chi connectivity index (χ3v) is 2.61. The van der Waals surface area contributed by atoms with Crippen LogP contribution in [0.4, 0.5) is 0 Å². The van der Waals surface area contributed by atoms with Crippen LogP contribution in [0, 0.1) is 0 Å². The number of rotatable bonds is 5. The minimum atomic E-state index is -0.777. The molecule has 0 aliphatic carbocycles. The van der Waals surface area contributed by atoms with Crippen molar-refractivity contribution in [3.8, 4) is 0 Å². The Morgan fingerprint density at radius 1 is 1.46 bits per heavy atom. The Morgan fingerprint density at radius 2 is 2.08 bits per heavy atom. The Morgan fingerprint density at radius 3 is 2.62 bits per heavy atom. The Balaban J connectivity index is 2.16. The van der Waals surface area contributed by atoms with Gasteiger partial charge in [-0.1, -0.05) is 0 Å². The van der Waals surface area contributed by atoms with Crippen LogP contribution in [0.3, 0.4) is 0 Å². The summed E-state index contributed by atoms with van der Waals surface area (Å²) in [6, 6.07) is 0. The van der Waals surface area contributed by atoms with Gasteiger partial charge in [-0.3, -0.25) is 4.79 Å². The summed E-state index contributed by atoms with van der Waals surface area (Å²) < 4.78 is 0. The second kappa shape index (κ2) is 4.31. The van der Waals surface area contributed by atoms with Crippen molar-refractivity contribution in [2.45, 2.75) is 24.8 Å². The number of carbonyl (C=O) groups is 1. The van der Waals surface area contributed by atoms with Gasteiger partial charge in [-0.15, -0.1) is 22.0 Å². The second-order valence-corrected chi connectivity index (χ2v) is 4.13. The van der Waals surface area contributed by atoms with Gasteiger partial charge in [0.05, 0.1) is 0 Å². The van der Waals surface area contributed by atoms with Crippen molar-refractivity contribution in [1.82, 2.24) is 0 Å². The summed E-state index contributed by atoms with van der Waals surface area (Å²) in [6.45, 7) is 1.79. The van der Waals surface area contributed by atoms with Crippen LogP contribution in [-0.2, 0) is 4.79 Å². The zero-order valence-corrected chi connectivity index (χ0v) is 7.99. The standard InChI is InChI=1S/C6H10N4O2S/c1-6(7-9-10-8-6)13-4-2-3-5(11)12/h2-4H2,1H3,(H,11,12). The van der Waals surface area contributed by atoms with E-state index in [9.17, 15) is 4.79 Å². The van der Waals surface area contributed by atoms with Crippen LogP contribution in [0.2, 0.25) is 0 Å². The largest absolute Gasteiger partial charge is 0.481 e. The number of nitrogens with zero attached hydrogens (tertiary/aromatic N) is 4. The van der Waals surface area contributed by atoms with E-state index >= 15 is 0 Å². The molecule has 7 heteroatoms. The van der Waals surface area contributed by atoms with E-state index < -0.39 is 11.0 Å². The van der Waals surface area contributed by atoms with Crippen molar-refractivity contribution in [2.75, 3.05) is 5.75 Å². The normalized spacial score (nSPS) is 17.9. The highest BCUT2D eigenvalue weighted by Gasteiger charge is 2.26. The molecule has 0 unspecified atom stereocenters. The van der Waals surface area contributed by atoms with Gasteiger partial charge in [-0.05, 0) is 29.5 Å². The van der Waals surface area contributed by atoms with Gasteiger partial charge < -0.3 is 5.11 Å². The monoisotopic (exact) mass is 202 g/mol. The predicted molar refractivity (Wildman–Crippen MR) is 47.4 cm³/mol. The molecule has 6 nitrogen and oxygen atoms in total. The Bertz CT molecular complexity index is 241. The quantitative estimate of drug-likeness (QED) is 0.692. The first kappa shape index (κ1) is 10.1. The molecule has 0 saturated heterocycles. The zero-order chi connectivity index (χ0) is 9.73. The molecule has 13 heavy (non-hydrogen) atoms. The summed E-state index contributed by atoms with van der Waals surface area (Å²) >= 11 is 1.44. The molecule has 1 aliphatic heterocycles. The fourth-order valence-corrected chi connectivity index (χ4v) is 1.64. The third kappa shape index (κ3) is 3.49. The van der Waals surface area contributed by atoms with Gasteiger partial charge in [0.15, 0.2) is 0 Å². The lowest BCUT2D eigenvalue weighted by atomic mass is 10.3. The summed E-state index contributed by atoms with van der Waals surface area (Å²) in [4.78, 5) is 9.56. The summed E-state index contributed by atoms with van der Waals surface area (Å²) in [5.41, 5.74) is 0. The molecule has 0 amide bonds. The Kier molecular flexibility index (Phi) is 3.35. The average Bonchev–Trinajstić information content (AvgIpc) is 2.47. The molecule has 1 heterocycles. The Hall–Kier alpha value is -0.980. The highest BCUT2D eigenvalue weighted by Crippen LogP contribution is 2.32. The van der Waals surface area contributed by atoms with Gasteiger partial charge in [0.25, 0.3) is 0 Å². The molecule has 0 aromatic carbocycles. The van der Waals surface area contributed by atoms with Crippen LogP contribution >= 0.6 is 11.8 Å². The number of hydrogen-bond acceptors (Lipinski definition) is 6. The van der Waals surface area contributed by atoms with Crippen molar-refractivity contribution in [3.05, 3.63) is 0 Å². The van der Waals surface area contributed by atoms with Gasteiger partial charge in [-0.2, -0.15) is 0 Å². The molecular weight excluding hydrogens is 192 g/mol. The van der Waals surface area contributed by atoms with Crippen molar-refractivity contribution >= 4 is 17.7 Å². The molecule has 72 valence electrons. The lowest BCUT2D eigenvalue weighted by Gasteiger charge is -2.11. The van der Waals surface area contributed by atoms with E-state index in [-0.39, 0.29) is 6.42 Å². The van der Waals surface area contributed by atoms with Crippen LogP contribution in [0.25, 0.3) is 0 Å². The van der Waals surface area contributed by atoms with Crippen LogP contribution in [0.15, 0.2) is 20.7 Å². The fourth-order valence-electron chi connectivity index (χ4n) is 0.773. The smallest absolute Gasteiger partial charge is 0.303 e. The van der Waals surface area contributed by atoms with Crippen LogP contribution in [-0.4, -0.2) is 21.8 Å². The molecule has 0 aromatic rings. The molecule has 0 spiro atoms. The van der Waals surface area contributed by atoms with Gasteiger partial charge in [0.2, 0.25) is 4.99 Å². The molecule has 1 N–H and O–H groups in total. The molecular formula is C6H10N4O2S. The van der Waals surface area contributed by atoms with E-state index in [1.54, 1.807) is 6.92 Å². The highest BCUT2D eigenvalue weighted by molar-refractivity contribution is 8.00. The van der Waals surface area contributed by atoms with E-state index in [1.165, 1.54) is 11.8 Å². The zero-order valence-electron chi connectivity index (χ0n) is 7.17. The van der Waals surface area contributed by atoms with E-state index in [2.05, 4.69) is 20.7 Å². The van der Waals surface area contributed by atoms with Gasteiger partial charge in [-0.25, -0.2) is 0 Å². The number of hydrogen-bond donors (Lipinski definition) is 1. The molecule has 1 aliphatic rings. The topological polar surface area (TPSA) is 86.7 Å². The van der Waals surface area contributed by atoms with Crippen LogP contribution in [0.1, 0.15) is 19.8 Å². The fraction of sp³-hybridized carbons (Fsp3) is 0.833. The first-order chi connectivity index (χ1) is 6.12. The maximum absolute atomic E-state index is 10.2. The molecule has 0 fully saturated rings. The molecule has 0 bridgehead atoms. The SMILES string of the molecule is CC1(SCCCC(=O)O)N=NN=N1. The molecule has 0 radical (unpaired) electrons. The molecule has 0 saturated carbocycles. The third-order valence-electron chi connectivity index (χ3n) is 1.41. The van der Waals surface area contributed by atoms with Gasteiger partial charge in [0.1, 0.15) is 0 Å². The summed E-state index contributed by atoms with van der Waals surface area (Å²) in [5, 5.41) is 22.8. The van der Waals surface area contributed by atoms with Crippen molar-refractivity contribution in [3.63, 3.8) is 0 Å².